The van der Waals surface area contributed by atoms with E-state index in [4.69, 9.17) is 4.74 Å². The Hall–Kier alpha value is -3.03. The average Bonchev–Trinajstić information content (AvgIpc) is 2.65. The first kappa shape index (κ1) is 19.7. The minimum atomic E-state index is -4.44. The average molecular weight is 392 g/mol. The fourth-order valence-corrected chi connectivity index (χ4v) is 3.03. The number of carbonyl (C=O) groups is 2. The smallest absolute Gasteiger partial charge is 0.416 e. The molecule has 28 heavy (non-hydrogen) atoms. The topological polar surface area (TPSA) is 58.6 Å². The van der Waals surface area contributed by atoms with E-state index in [2.05, 4.69) is 5.32 Å². The van der Waals surface area contributed by atoms with Crippen LogP contribution in [0.15, 0.2) is 48.5 Å². The van der Waals surface area contributed by atoms with Gasteiger partial charge in [-0.25, -0.2) is 0 Å². The Morgan fingerprint density at radius 2 is 1.82 bits per heavy atom. The number of ether oxygens (including phenoxy) is 1. The van der Waals surface area contributed by atoms with Crippen LogP contribution in [0.5, 0.6) is 5.75 Å². The van der Waals surface area contributed by atoms with Crippen LogP contribution in [-0.4, -0.2) is 29.9 Å². The molecular formula is C20H19F3N2O3. The van der Waals surface area contributed by atoms with E-state index in [1.54, 1.807) is 19.2 Å². The molecule has 2 amide bonds. The number of hydrogen-bond acceptors (Lipinski definition) is 3. The lowest BCUT2D eigenvalue weighted by molar-refractivity contribution is -0.138. The molecule has 148 valence electrons. The lowest BCUT2D eigenvalue weighted by Crippen LogP contribution is -2.47. The Balaban J connectivity index is 1.70. The maximum Gasteiger partial charge on any atom is 0.416 e. The summed E-state index contributed by atoms with van der Waals surface area (Å²) in [6.45, 7) is 1.93. The Morgan fingerprint density at radius 1 is 1.18 bits per heavy atom. The van der Waals surface area contributed by atoms with E-state index >= 15 is 0 Å². The van der Waals surface area contributed by atoms with Gasteiger partial charge in [0, 0.05) is 13.6 Å². The number of halogens is 3. The highest BCUT2D eigenvalue weighted by Gasteiger charge is 2.33. The van der Waals surface area contributed by atoms with Gasteiger partial charge in [0.15, 0.2) is 6.10 Å². The molecule has 0 spiro atoms. The number of amides is 2. The second kappa shape index (κ2) is 7.53. The summed E-state index contributed by atoms with van der Waals surface area (Å²) in [6.07, 6.45) is -5.44. The van der Waals surface area contributed by atoms with Crippen molar-refractivity contribution in [3.63, 3.8) is 0 Å². The molecule has 0 fully saturated rings. The van der Waals surface area contributed by atoms with Gasteiger partial charge in [0.2, 0.25) is 5.91 Å². The van der Waals surface area contributed by atoms with Crippen molar-refractivity contribution in [3.8, 4) is 5.75 Å². The minimum Gasteiger partial charge on any atom is -0.481 e. The third-order valence-electron chi connectivity index (χ3n) is 4.55. The van der Waals surface area contributed by atoms with E-state index in [1.807, 2.05) is 12.1 Å². The van der Waals surface area contributed by atoms with Crippen molar-refractivity contribution in [1.29, 1.82) is 0 Å². The fraction of sp³-hybridized carbons (Fsp3) is 0.300. The molecule has 0 bridgehead atoms. The summed E-state index contributed by atoms with van der Waals surface area (Å²) in [7, 11) is 1.65. The van der Waals surface area contributed by atoms with Crippen LogP contribution in [0.4, 0.5) is 13.2 Å². The summed E-state index contributed by atoms with van der Waals surface area (Å²) in [5, 5.41) is 2.68. The summed E-state index contributed by atoms with van der Waals surface area (Å²) < 4.78 is 43.3. The number of hydrogen-bond donors (Lipinski definition) is 1. The molecule has 0 saturated carbocycles. The second-order valence-electron chi connectivity index (χ2n) is 6.62. The Kier molecular flexibility index (Phi) is 5.31. The maximum absolute atomic E-state index is 12.6. The molecule has 1 N–H and O–H groups in total. The van der Waals surface area contributed by atoms with Gasteiger partial charge in [-0.1, -0.05) is 24.3 Å². The zero-order chi connectivity index (χ0) is 20.5. The quantitative estimate of drug-likeness (QED) is 0.869. The molecule has 0 radical (unpaired) electrons. The van der Waals surface area contributed by atoms with Crippen molar-refractivity contribution in [2.75, 3.05) is 7.05 Å². The standard InChI is InChI=1S/C20H19F3N2O3/c1-12(28-15-9-7-14(8-10-15)20(21,22)23)18(26)24-17-16-6-4-3-5-13(16)11-25(2)19(17)27/h3-10,12,17H,11H2,1-2H3,(H,24,26). The molecule has 0 saturated heterocycles. The predicted octanol–water partition coefficient (Wildman–Crippen LogP) is 3.30. The van der Waals surface area contributed by atoms with Gasteiger partial charge in [-0.15, -0.1) is 0 Å². The van der Waals surface area contributed by atoms with Crippen LogP contribution in [0, 0.1) is 0 Å². The maximum atomic E-state index is 12.6. The van der Waals surface area contributed by atoms with Crippen molar-refractivity contribution in [2.45, 2.75) is 31.8 Å². The normalized spacial score (nSPS) is 17.7. The number of nitrogens with zero attached hydrogens (tertiary/aromatic N) is 1. The Labute approximate surface area is 160 Å². The minimum absolute atomic E-state index is 0.128. The molecule has 2 atom stereocenters. The lowest BCUT2D eigenvalue weighted by Gasteiger charge is -2.32. The highest BCUT2D eigenvalue weighted by Crippen LogP contribution is 2.30. The number of likely N-dealkylation sites (N-methyl/N-ethyl adjacent to an activating group) is 1. The summed E-state index contributed by atoms with van der Waals surface area (Å²) in [5.74, 6) is -0.653. The van der Waals surface area contributed by atoms with Gasteiger partial charge in [0.25, 0.3) is 5.91 Å². The fourth-order valence-electron chi connectivity index (χ4n) is 3.03. The summed E-state index contributed by atoms with van der Waals surface area (Å²) in [6, 6.07) is 10.6. The van der Waals surface area contributed by atoms with E-state index in [0.29, 0.717) is 6.54 Å². The molecule has 1 heterocycles. The molecular weight excluding hydrogens is 373 g/mol. The molecule has 8 heteroatoms. The molecule has 5 nitrogen and oxygen atoms in total. The lowest BCUT2D eigenvalue weighted by atomic mass is 9.95. The zero-order valence-corrected chi connectivity index (χ0v) is 15.3. The van der Waals surface area contributed by atoms with Crippen LogP contribution >= 0.6 is 0 Å². The zero-order valence-electron chi connectivity index (χ0n) is 15.3. The third kappa shape index (κ3) is 4.11. The van der Waals surface area contributed by atoms with E-state index in [9.17, 15) is 22.8 Å². The van der Waals surface area contributed by atoms with Gasteiger partial charge in [0.05, 0.1) is 5.56 Å². The number of fused-ring (bicyclic) bond motifs is 1. The first-order chi connectivity index (χ1) is 13.2. The van der Waals surface area contributed by atoms with E-state index in [1.165, 1.54) is 11.8 Å². The monoisotopic (exact) mass is 392 g/mol. The molecule has 2 unspecified atom stereocenters. The van der Waals surface area contributed by atoms with Gasteiger partial charge >= 0.3 is 6.18 Å². The Morgan fingerprint density at radius 3 is 2.46 bits per heavy atom. The molecule has 1 aliphatic heterocycles. The first-order valence-corrected chi connectivity index (χ1v) is 8.64. The van der Waals surface area contributed by atoms with Gasteiger partial charge in [-0.3, -0.25) is 9.59 Å². The first-order valence-electron chi connectivity index (χ1n) is 8.64. The molecule has 2 aromatic carbocycles. The van der Waals surface area contributed by atoms with Crippen LogP contribution < -0.4 is 10.1 Å². The van der Waals surface area contributed by atoms with Crippen LogP contribution in [0.2, 0.25) is 0 Å². The molecule has 3 rings (SSSR count). The molecule has 2 aromatic rings. The summed E-state index contributed by atoms with van der Waals surface area (Å²) in [5.41, 5.74) is 0.858. The third-order valence-corrected chi connectivity index (χ3v) is 4.55. The summed E-state index contributed by atoms with van der Waals surface area (Å²) in [4.78, 5) is 26.5. The Bertz CT molecular complexity index is 881. The molecule has 0 aromatic heterocycles. The predicted molar refractivity (Wildman–Crippen MR) is 95.3 cm³/mol. The summed E-state index contributed by atoms with van der Waals surface area (Å²) >= 11 is 0. The highest BCUT2D eigenvalue weighted by atomic mass is 19.4. The van der Waals surface area contributed by atoms with Crippen molar-refractivity contribution in [2.24, 2.45) is 0 Å². The number of nitrogens with one attached hydrogen (secondary N) is 1. The van der Waals surface area contributed by atoms with Crippen LogP contribution in [-0.2, 0) is 22.3 Å². The van der Waals surface area contributed by atoms with Crippen LogP contribution in [0.1, 0.15) is 29.7 Å². The van der Waals surface area contributed by atoms with Gasteiger partial charge in [-0.2, -0.15) is 13.2 Å². The number of carbonyl (C=O) groups excluding carboxylic acids is 2. The van der Waals surface area contributed by atoms with Crippen molar-refractivity contribution in [3.05, 3.63) is 65.2 Å². The second-order valence-corrected chi connectivity index (χ2v) is 6.62. The van der Waals surface area contributed by atoms with Crippen molar-refractivity contribution < 1.29 is 27.5 Å². The van der Waals surface area contributed by atoms with Crippen molar-refractivity contribution in [1.82, 2.24) is 10.2 Å². The number of alkyl halides is 3. The van der Waals surface area contributed by atoms with Crippen LogP contribution in [0.3, 0.4) is 0 Å². The van der Waals surface area contributed by atoms with Gasteiger partial charge in [-0.05, 0) is 42.3 Å². The number of rotatable bonds is 4. The molecule has 0 aliphatic carbocycles. The van der Waals surface area contributed by atoms with Gasteiger partial charge in [0.1, 0.15) is 11.8 Å². The van der Waals surface area contributed by atoms with E-state index in [-0.39, 0.29) is 11.7 Å². The van der Waals surface area contributed by atoms with E-state index in [0.717, 1.165) is 35.4 Å². The van der Waals surface area contributed by atoms with Crippen molar-refractivity contribution >= 4 is 11.8 Å². The number of benzene rings is 2. The van der Waals surface area contributed by atoms with Crippen LogP contribution in [0.25, 0.3) is 0 Å². The molecule has 1 aliphatic rings. The van der Waals surface area contributed by atoms with Gasteiger partial charge < -0.3 is 15.0 Å². The SMILES string of the molecule is CC(Oc1ccc(C(F)(F)F)cc1)C(=O)NC1C(=O)N(C)Cc2ccccc21. The largest absolute Gasteiger partial charge is 0.481 e. The van der Waals surface area contributed by atoms with E-state index < -0.39 is 29.8 Å². The highest BCUT2D eigenvalue weighted by molar-refractivity contribution is 5.91.